The second kappa shape index (κ2) is 9.02. The molecule has 0 aromatic carbocycles. The van der Waals surface area contributed by atoms with E-state index in [2.05, 4.69) is 32.6 Å². The van der Waals surface area contributed by atoms with Crippen LogP contribution in [0, 0.1) is 0 Å². The molecule has 1 nitrogen and oxygen atoms in total. The fraction of sp³-hybridized carbons (Fsp3) is 0.467. The van der Waals surface area contributed by atoms with Crippen molar-refractivity contribution >= 4 is 0 Å². The molecule has 0 amide bonds. The minimum atomic E-state index is 0.906. The Bertz CT molecular complexity index is 293. The van der Waals surface area contributed by atoms with Crippen LogP contribution in [0.4, 0.5) is 0 Å². The zero-order valence-corrected chi connectivity index (χ0v) is 10.9. The summed E-state index contributed by atoms with van der Waals surface area (Å²) in [6, 6.07) is 0. The molecule has 0 aromatic rings. The van der Waals surface area contributed by atoms with Crippen molar-refractivity contribution in [3.8, 4) is 0 Å². The first-order chi connectivity index (χ1) is 7.65. The molecule has 0 heterocycles. The van der Waals surface area contributed by atoms with Gasteiger partial charge in [-0.1, -0.05) is 44.2 Å². The van der Waals surface area contributed by atoms with E-state index < -0.39 is 0 Å². The summed E-state index contributed by atoms with van der Waals surface area (Å²) in [5, 5.41) is 0. The van der Waals surface area contributed by atoms with Crippen molar-refractivity contribution in [3.63, 3.8) is 0 Å². The lowest BCUT2D eigenvalue weighted by Gasteiger charge is -2.04. The van der Waals surface area contributed by atoms with Crippen molar-refractivity contribution < 1.29 is 0 Å². The average Bonchev–Trinajstić information content (AvgIpc) is 2.29. The first-order valence-corrected chi connectivity index (χ1v) is 6.07. The van der Waals surface area contributed by atoms with E-state index in [1.807, 2.05) is 19.1 Å². The minimum Gasteiger partial charge on any atom is -0.399 e. The number of nitrogens with two attached hydrogens (primary N) is 1. The van der Waals surface area contributed by atoms with E-state index in [9.17, 15) is 0 Å². The second-order valence-corrected chi connectivity index (χ2v) is 3.90. The van der Waals surface area contributed by atoms with Crippen LogP contribution in [0.2, 0.25) is 0 Å². The summed E-state index contributed by atoms with van der Waals surface area (Å²) in [6.07, 6.45) is 12.3. The Kier molecular flexibility index (Phi) is 8.32. The monoisotopic (exact) mass is 219 g/mol. The van der Waals surface area contributed by atoms with Crippen molar-refractivity contribution in [2.75, 3.05) is 0 Å². The van der Waals surface area contributed by atoms with Gasteiger partial charge in [0.1, 0.15) is 0 Å². The summed E-state index contributed by atoms with van der Waals surface area (Å²) in [7, 11) is 0. The molecular formula is C15H25N. The Labute approximate surface area is 100 Å². The van der Waals surface area contributed by atoms with Crippen molar-refractivity contribution in [2.24, 2.45) is 5.73 Å². The largest absolute Gasteiger partial charge is 0.399 e. The summed E-state index contributed by atoms with van der Waals surface area (Å²) >= 11 is 0. The molecule has 90 valence electrons. The molecule has 0 unspecified atom stereocenters. The van der Waals surface area contributed by atoms with Crippen LogP contribution in [-0.2, 0) is 0 Å². The third kappa shape index (κ3) is 6.28. The molecule has 0 aromatic heterocycles. The zero-order valence-electron chi connectivity index (χ0n) is 10.9. The van der Waals surface area contributed by atoms with Crippen molar-refractivity contribution in [2.45, 2.75) is 46.5 Å². The highest BCUT2D eigenvalue weighted by Crippen LogP contribution is 2.12. The molecule has 0 aliphatic rings. The Morgan fingerprint density at radius 1 is 1.12 bits per heavy atom. The molecule has 1 heteroatoms. The quantitative estimate of drug-likeness (QED) is 0.495. The third-order valence-electron chi connectivity index (χ3n) is 2.62. The lowest BCUT2D eigenvalue weighted by molar-refractivity contribution is 0.987. The molecule has 0 bridgehead atoms. The summed E-state index contributed by atoms with van der Waals surface area (Å²) in [5.74, 6) is 0. The number of hydrogen-bond acceptors (Lipinski definition) is 1. The molecular weight excluding hydrogens is 194 g/mol. The summed E-state index contributed by atoms with van der Waals surface area (Å²) in [6.45, 7) is 10.2. The third-order valence-corrected chi connectivity index (χ3v) is 2.62. The molecule has 0 saturated carbocycles. The van der Waals surface area contributed by atoms with Crippen LogP contribution < -0.4 is 5.73 Å². The Morgan fingerprint density at radius 2 is 1.75 bits per heavy atom. The van der Waals surface area contributed by atoms with Gasteiger partial charge >= 0.3 is 0 Å². The molecule has 2 N–H and O–H groups in total. The maximum atomic E-state index is 5.95. The van der Waals surface area contributed by atoms with Crippen molar-refractivity contribution in [1.29, 1.82) is 0 Å². The smallest absolute Gasteiger partial charge is 0.0305 e. The van der Waals surface area contributed by atoms with Crippen molar-refractivity contribution in [1.82, 2.24) is 0 Å². The molecule has 0 saturated heterocycles. The van der Waals surface area contributed by atoms with Gasteiger partial charge in [0.25, 0.3) is 0 Å². The minimum absolute atomic E-state index is 0.906. The second-order valence-electron chi connectivity index (χ2n) is 3.90. The fourth-order valence-electron chi connectivity index (χ4n) is 1.38. The van der Waals surface area contributed by atoms with Gasteiger partial charge in [0.15, 0.2) is 0 Å². The topological polar surface area (TPSA) is 26.0 Å². The summed E-state index contributed by atoms with van der Waals surface area (Å²) in [4.78, 5) is 0. The molecule has 0 aliphatic heterocycles. The van der Waals surface area contributed by atoms with Crippen LogP contribution in [0.5, 0.6) is 0 Å². The number of hydrogen-bond donors (Lipinski definition) is 1. The van der Waals surface area contributed by atoms with Gasteiger partial charge in [0.05, 0.1) is 0 Å². The summed E-state index contributed by atoms with van der Waals surface area (Å²) < 4.78 is 0. The van der Waals surface area contributed by atoms with Crippen LogP contribution in [-0.4, -0.2) is 0 Å². The summed E-state index contributed by atoms with van der Waals surface area (Å²) in [5.41, 5.74) is 9.43. The van der Waals surface area contributed by atoms with Crippen LogP contribution in [0.3, 0.4) is 0 Å². The standard InChI is InChI=1S/C15H25N/c1-5-10-15(16)14(7-3)12-9-8-11-13(4)6-2/h5,8-10H,4,6-7,11-12,16H2,1-3H3/b9-8-,10-5-,15-14-. The molecule has 0 spiro atoms. The first kappa shape index (κ1) is 14.8. The Hall–Kier alpha value is -1.24. The molecule has 0 rings (SSSR count). The number of allylic oxidation sites excluding steroid dienone is 6. The van der Waals surface area contributed by atoms with Gasteiger partial charge in [0, 0.05) is 5.70 Å². The van der Waals surface area contributed by atoms with E-state index in [4.69, 9.17) is 5.73 Å². The van der Waals surface area contributed by atoms with E-state index in [1.54, 1.807) is 0 Å². The highest BCUT2D eigenvalue weighted by molar-refractivity contribution is 5.24. The van der Waals surface area contributed by atoms with E-state index in [-0.39, 0.29) is 0 Å². The Balaban J connectivity index is 4.25. The molecule has 0 atom stereocenters. The highest BCUT2D eigenvalue weighted by Gasteiger charge is 1.96. The van der Waals surface area contributed by atoms with Crippen LogP contribution in [0.1, 0.15) is 46.5 Å². The maximum absolute atomic E-state index is 5.95. The van der Waals surface area contributed by atoms with Crippen LogP contribution >= 0.6 is 0 Å². The molecule has 16 heavy (non-hydrogen) atoms. The fourth-order valence-corrected chi connectivity index (χ4v) is 1.38. The predicted molar refractivity (Wildman–Crippen MR) is 74.1 cm³/mol. The van der Waals surface area contributed by atoms with Crippen molar-refractivity contribution in [3.05, 3.63) is 47.7 Å². The van der Waals surface area contributed by atoms with E-state index in [0.717, 1.165) is 31.4 Å². The first-order valence-electron chi connectivity index (χ1n) is 6.07. The van der Waals surface area contributed by atoms with Gasteiger partial charge in [-0.05, 0) is 44.3 Å². The van der Waals surface area contributed by atoms with Crippen LogP contribution in [0.25, 0.3) is 0 Å². The SMILES string of the molecule is C=C(CC)C/C=C\C/C(CC)=C(N)/C=C\C. The van der Waals surface area contributed by atoms with Crippen LogP contribution in [0.15, 0.2) is 47.7 Å². The van der Waals surface area contributed by atoms with E-state index in [1.165, 1.54) is 11.1 Å². The molecule has 0 aliphatic carbocycles. The Morgan fingerprint density at radius 3 is 2.25 bits per heavy atom. The lowest BCUT2D eigenvalue weighted by Crippen LogP contribution is -1.98. The van der Waals surface area contributed by atoms with Gasteiger partial charge in [-0.25, -0.2) is 0 Å². The number of rotatable bonds is 7. The predicted octanol–water partition coefficient (Wildman–Crippen LogP) is 4.49. The average molecular weight is 219 g/mol. The van der Waals surface area contributed by atoms with Gasteiger partial charge in [-0.15, -0.1) is 0 Å². The highest BCUT2D eigenvalue weighted by atomic mass is 14.6. The normalized spacial score (nSPS) is 13.4. The van der Waals surface area contributed by atoms with Gasteiger partial charge in [-0.3, -0.25) is 0 Å². The molecule has 0 radical (unpaired) electrons. The van der Waals surface area contributed by atoms with Gasteiger partial charge < -0.3 is 5.73 Å². The van der Waals surface area contributed by atoms with Gasteiger partial charge in [-0.2, -0.15) is 0 Å². The zero-order chi connectivity index (χ0) is 12.4. The van der Waals surface area contributed by atoms with E-state index >= 15 is 0 Å². The maximum Gasteiger partial charge on any atom is 0.0305 e. The van der Waals surface area contributed by atoms with E-state index in [0.29, 0.717) is 0 Å². The van der Waals surface area contributed by atoms with Gasteiger partial charge in [0.2, 0.25) is 0 Å². The molecule has 0 fully saturated rings. The lowest BCUT2D eigenvalue weighted by atomic mass is 10.1.